The Bertz CT molecular complexity index is 230. The van der Waals surface area contributed by atoms with E-state index in [1.54, 1.807) is 7.11 Å². The van der Waals surface area contributed by atoms with Crippen molar-refractivity contribution in [2.45, 2.75) is 57.2 Å². The first-order valence-corrected chi connectivity index (χ1v) is 6.65. The number of fused-ring (bicyclic) bond motifs is 1. The molecule has 0 amide bonds. The summed E-state index contributed by atoms with van der Waals surface area (Å²) < 4.78 is 5.44. The van der Waals surface area contributed by atoms with E-state index in [-0.39, 0.29) is 5.60 Å². The second-order valence-corrected chi connectivity index (χ2v) is 5.81. The van der Waals surface area contributed by atoms with Crippen molar-refractivity contribution in [2.24, 2.45) is 0 Å². The number of ether oxygens (including phenoxy) is 1. The molecule has 0 bridgehead atoms. The summed E-state index contributed by atoms with van der Waals surface area (Å²) in [6.07, 6.45) is 5.21. The van der Waals surface area contributed by atoms with Crippen LogP contribution in [0.1, 0.15) is 39.5 Å². The number of methoxy groups -OCH3 is 1. The summed E-state index contributed by atoms with van der Waals surface area (Å²) in [6, 6.07) is 1.56. The van der Waals surface area contributed by atoms with Gasteiger partial charge in [-0.15, -0.1) is 0 Å². The molecule has 2 fully saturated rings. The Kier molecular flexibility index (Phi) is 3.88. The Morgan fingerprint density at radius 2 is 2.12 bits per heavy atom. The van der Waals surface area contributed by atoms with Crippen LogP contribution >= 0.6 is 0 Å². The Hall–Kier alpha value is -0.120. The first-order valence-electron chi connectivity index (χ1n) is 6.65. The van der Waals surface area contributed by atoms with Gasteiger partial charge < -0.3 is 10.1 Å². The smallest absolute Gasteiger partial charge is 0.0634 e. The molecule has 2 aliphatic heterocycles. The molecule has 16 heavy (non-hydrogen) atoms. The largest absolute Gasteiger partial charge is 0.379 e. The van der Waals surface area contributed by atoms with Crippen molar-refractivity contribution < 1.29 is 4.74 Å². The lowest BCUT2D eigenvalue weighted by Crippen LogP contribution is -2.41. The van der Waals surface area contributed by atoms with Gasteiger partial charge in [0.15, 0.2) is 0 Å². The highest BCUT2D eigenvalue weighted by Gasteiger charge is 2.36. The maximum atomic E-state index is 5.44. The molecule has 0 aromatic rings. The molecular weight excluding hydrogens is 200 g/mol. The number of hydrogen-bond acceptors (Lipinski definition) is 3. The third-order valence-electron chi connectivity index (χ3n) is 4.29. The average Bonchev–Trinajstić information content (AvgIpc) is 2.82. The highest BCUT2D eigenvalue weighted by atomic mass is 16.5. The van der Waals surface area contributed by atoms with Gasteiger partial charge >= 0.3 is 0 Å². The summed E-state index contributed by atoms with van der Waals surface area (Å²) in [4.78, 5) is 2.65. The monoisotopic (exact) mass is 226 g/mol. The maximum Gasteiger partial charge on any atom is 0.0634 e. The zero-order valence-corrected chi connectivity index (χ0v) is 11.0. The third kappa shape index (κ3) is 2.76. The van der Waals surface area contributed by atoms with Crippen molar-refractivity contribution in [3.8, 4) is 0 Å². The van der Waals surface area contributed by atoms with Gasteiger partial charge in [-0.05, 0) is 52.6 Å². The second-order valence-electron chi connectivity index (χ2n) is 5.81. The van der Waals surface area contributed by atoms with Crippen molar-refractivity contribution in [1.82, 2.24) is 10.2 Å². The van der Waals surface area contributed by atoms with Gasteiger partial charge in [0.1, 0.15) is 0 Å². The Morgan fingerprint density at radius 3 is 2.88 bits per heavy atom. The van der Waals surface area contributed by atoms with Crippen LogP contribution in [0.5, 0.6) is 0 Å². The Labute approximate surface area is 99.5 Å². The van der Waals surface area contributed by atoms with Crippen LogP contribution in [0.25, 0.3) is 0 Å². The Balaban J connectivity index is 1.70. The van der Waals surface area contributed by atoms with Crippen molar-refractivity contribution in [1.29, 1.82) is 0 Å². The molecule has 3 nitrogen and oxygen atoms in total. The lowest BCUT2D eigenvalue weighted by molar-refractivity contribution is 0.0152. The van der Waals surface area contributed by atoms with Crippen LogP contribution < -0.4 is 5.32 Å². The van der Waals surface area contributed by atoms with Gasteiger partial charge in [0.25, 0.3) is 0 Å². The molecule has 0 spiro atoms. The van der Waals surface area contributed by atoms with Gasteiger partial charge in [-0.2, -0.15) is 0 Å². The molecule has 2 unspecified atom stereocenters. The predicted molar refractivity (Wildman–Crippen MR) is 66.7 cm³/mol. The van der Waals surface area contributed by atoms with E-state index in [1.807, 2.05) is 0 Å². The van der Waals surface area contributed by atoms with Gasteiger partial charge in [0, 0.05) is 25.7 Å². The first-order chi connectivity index (χ1) is 7.62. The van der Waals surface area contributed by atoms with Gasteiger partial charge in [-0.1, -0.05) is 0 Å². The third-order valence-corrected chi connectivity index (χ3v) is 4.29. The molecule has 0 radical (unpaired) electrons. The highest BCUT2D eigenvalue weighted by Crippen LogP contribution is 2.28. The van der Waals surface area contributed by atoms with E-state index in [4.69, 9.17) is 4.74 Å². The molecule has 1 N–H and O–H groups in total. The topological polar surface area (TPSA) is 24.5 Å². The van der Waals surface area contributed by atoms with Crippen LogP contribution in [0.15, 0.2) is 0 Å². The normalized spacial score (nSPS) is 30.9. The summed E-state index contributed by atoms with van der Waals surface area (Å²) in [5.41, 5.74) is 0.0148. The molecule has 94 valence electrons. The predicted octanol–water partition coefficient (Wildman–Crippen LogP) is 1.63. The minimum Gasteiger partial charge on any atom is -0.379 e. The molecule has 2 rings (SSSR count). The number of nitrogens with one attached hydrogen (secondary N) is 1. The molecule has 0 aliphatic carbocycles. The fraction of sp³-hybridized carbons (Fsp3) is 1.00. The van der Waals surface area contributed by atoms with Gasteiger partial charge in [-0.25, -0.2) is 0 Å². The average molecular weight is 226 g/mol. The van der Waals surface area contributed by atoms with Crippen LogP contribution in [-0.4, -0.2) is 49.3 Å². The summed E-state index contributed by atoms with van der Waals surface area (Å²) in [5, 5.41) is 3.72. The van der Waals surface area contributed by atoms with E-state index in [0.717, 1.165) is 25.0 Å². The minimum absolute atomic E-state index is 0.0148. The van der Waals surface area contributed by atoms with E-state index < -0.39 is 0 Å². The SMILES string of the molecule is COC(C)(C)CCNC1CCN2CCCC12. The zero-order chi connectivity index (χ0) is 11.6. The quantitative estimate of drug-likeness (QED) is 0.771. The van der Waals surface area contributed by atoms with Crippen molar-refractivity contribution in [3.05, 3.63) is 0 Å². The van der Waals surface area contributed by atoms with Crippen molar-refractivity contribution >= 4 is 0 Å². The molecule has 2 atom stereocenters. The fourth-order valence-corrected chi connectivity index (χ4v) is 2.98. The van der Waals surface area contributed by atoms with Crippen LogP contribution in [0.4, 0.5) is 0 Å². The van der Waals surface area contributed by atoms with E-state index in [9.17, 15) is 0 Å². The maximum absolute atomic E-state index is 5.44. The molecule has 0 saturated carbocycles. The molecule has 0 aromatic carbocycles. The zero-order valence-electron chi connectivity index (χ0n) is 11.0. The van der Waals surface area contributed by atoms with Gasteiger partial charge in [0.05, 0.1) is 5.60 Å². The standard InChI is InChI=1S/C13H26N2O/c1-13(2,16-3)7-8-14-11-6-10-15-9-4-5-12(11)15/h11-12,14H,4-10H2,1-3H3. The van der Waals surface area contributed by atoms with Crippen molar-refractivity contribution in [3.63, 3.8) is 0 Å². The van der Waals surface area contributed by atoms with E-state index in [0.29, 0.717) is 0 Å². The summed E-state index contributed by atoms with van der Waals surface area (Å²) in [7, 11) is 1.80. The summed E-state index contributed by atoms with van der Waals surface area (Å²) >= 11 is 0. The first kappa shape index (κ1) is 12.3. The van der Waals surface area contributed by atoms with Gasteiger partial charge in [-0.3, -0.25) is 4.90 Å². The van der Waals surface area contributed by atoms with Crippen LogP contribution in [-0.2, 0) is 4.74 Å². The Morgan fingerprint density at radius 1 is 1.31 bits per heavy atom. The number of hydrogen-bond donors (Lipinski definition) is 1. The van der Waals surface area contributed by atoms with Gasteiger partial charge in [0.2, 0.25) is 0 Å². The summed E-state index contributed by atoms with van der Waals surface area (Å²) in [6.45, 7) is 8.02. The highest BCUT2D eigenvalue weighted by molar-refractivity contribution is 4.95. The minimum atomic E-state index is 0.0148. The van der Waals surface area contributed by atoms with E-state index >= 15 is 0 Å². The lowest BCUT2D eigenvalue weighted by Gasteiger charge is -2.26. The molecule has 3 heteroatoms. The molecular formula is C13H26N2O. The van der Waals surface area contributed by atoms with Crippen LogP contribution in [0.3, 0.4) is 0 Å². The molecule has 0 aromatic heterocycles. The fourth-order valence-electron chi connectivity index (χ4n) is 2.98. The number of rotatable bonds is 5. The van der Waals surface area contributed by atoms with E-state index in [2.05, 4.69) is 24.1 Å². The molecule has 2 heterocycles. The second kappa shape index (κ2) is 5.03. The van der Waals surface area contributed by atoms with Crippen LogP contribution in [0, 0.1) is 0 Å². The van der Waals surface area contributed by atoms with E-state index in [1.165, 1.54) is 32.4 Å². The summed E-state index contributed by atoms with van der Waals surface area (Å²) in [5.74, 6) is 0. The lowest BCUT2D eigenvalue weighted by atomic mass is 10.0. The van der Waals surface area contributed by atoms with Crippen molar-refractivity contribution in [2.75, 3.05) is 26.7 Å². The van der Waals surface area contributed by atoms with Crippen LogP contribution in [0.2, 0.25) is 0 Å². The molecule has 2 saturated heterocycles. The number of nitrogens with zero attached hydrogens (tertiary/aromatic N) is 1. The molecule has 2 aliphatic rings.